The van der Waals surface area contributed by atoms with Gasteiger partial charge < -0.3 is 4.90 Å². The van der Waals surface area contributed by atoms with Gasteiger partial charge in [-0.15, -0.1) is 0 Å². The number of rotatable bonds is 3. The Bertz CT molecular complexity index is 1000. The van der Waals surface area contributed by atoms with Gasteiger partial charge in [-0.3, -0.25) is 9.59 Å². The molecule has 0 radical (unpaired) electrons. The van der Waals surface area contributed by atoms with Crippen LogP contribution in [-0.2, 0) is 9.59 Å². The van der Waals surface area contributed by atoms with Crippen molar-refractivity contribution in [3.63, 3.8) is 0 Å². The van der Waals surface area contributed by atoms with Gasteiger partial charge in [0.2, 0.25) is 0 Å². The van der Waals surface area contributed by atoms with E-state index in [9.17, 15) is 9.59 Å². The van der Waals surface area contributed by atoms with Gasteiger partial charge in [-0.05, 0) is 61.9 Å². The third kappa shape index (κ3) is 3.58. The topological polar surface area (TPSA) is 40.6 Å². The summed E-state index contributed by atoms with van der Waals surface area (Å²) in [6.45, 7) is 7.69. The molecule has 2 aliphatic heterocycles. The molecule has 29 heavy (non-hydrogen) atoms. The molecule has 1 saturated heterocycles. The molecule has 0 bridgehead atoms. The zero-order chi connectivity index (χ0) is 20.7. The molecule has 5 heteroatoms. The van der Waals surface area contributed by atoms with Gasteiger partial charge in [0.15, 0.2) is 0 Å². The Morgan fingerprint density at radius 1 is 0.931 bits per heavy atom. The first-order valence-electron chi connectivity index (χ1n) is 10.1. The second-order valence-electron chi connectivity index (χ2n) is 8.14. The Balaban J connectivity index is 1.82. The highest BCUT2D eigenvalue weighted by atomic mass is 35.5. The van der Waals surface area contributed by atoms with Gasteiger partial charge in [0.25, 0.3) is 11.8 Å². The molecule has 0 aliphatic carbocycles. The molecule has 2 aromatic carbocycles. The molecule has 2 aliphatic rings. The van der Waals surface area contributed by atoms with E-state index in [4.69, 9.17) is 11.6 Å². The Hall–Kier alpha value is -2.59. The van der Waals surface area contributed by atoms with Gasteiger partial charge in [-0.1, -0.05) is 48.4 Å². The molecule has 150 valence electrons. The molecule has 4 rings (SSSR count). The van der Waals surface area contributed by atoms with Gasteiger partial charge in [-0.25, -0.2) is 4.90 Å². The molecular formula is C24H25ClN2O2. The highest BCUT2D eigenvalue weighted by Crippen LogP contribution is 2.37. The summed E-state index contributed by atoms with van der Waals surface area (Å²) in [7, 11) is 0. The van der Waals surface area contributed by atoms with Crippen molar-refractivity contribution in [2.45, 2.75) is 33.6 Å². The van der Waals surface area contributed by atoms with Crippen molar-refractivity contribution in [2.75, 3.05) is 18.0 Å². The Morgan fingerprint density at radius 2 is 1.59 bits per heavy atom. The van der Waals surface area contributed by atoms with E-state index >= 15 is 0 Å². The summed E-state index contributed by atoms with van der Waals surface area (Å²) in [5.41, 5.74) is 4.32. The standard InChI is InChI=1S/C24H25ClN2O2/c1-15-4-6-18(7-5-15)21-22(26-12-10-16(2)11-13-26)24(29)27(23(21)28)20-9-8-19(25)14-17(20)3/h4-9,14,16H,10-13H2,1-3H3. The van der Waals surface area contributed by atoms with Crippen LogP contribution in [0.2, 0.25) is 5.02 Å². The summed E-state index contributed by atoms with van der Waals surface area (Å²) < 4.78 is 0. The Labute approximate surface area is 176 Å². The molecule has 0 atom stereocenters. The molecule has 4 nitrogen and oxygen atoms in total. The van der Waals surface area contributed by atoms with Crippen molar-refractivity contribution >= 4 is 34.7 Å². The van der Waals surface area contributed by atoms with Crippen molar-refractivity contribution in [1.29, 1.82) is 0 Å². The smallest absolute Gasteiger partial charge is 0.282 e. The van der Waals surface area contributed by atoms with Gasteiger partial charge in [0.05, 0.1) is 11.3 Å². The van der Waals surface area contributed by atoms with Crippen LogP contribution in [0.5, 0.6) is 0 Å². The number of anilines is 1. The van der Waals surface area contributed by atoms with Crippen molar-refractivity contribution < 1.29 is 9.59 Å². The summed E-state index contributed by atoms with van der Waals surface area (Å²) in [6.07, 6.45) is 2.04. The highest BCUT2D eigenvalue weighted by molar-refractivity contribution is 6.45. The predicted molar refractivity (Wildman–Crippen MR) is 117 cm³/mol. The molecule has 0 aromatic heterocycles. The number of hydrogen-bond acceptors (Lipinski definition) is 3. The monoisotopic (exact) mass is 408 g/mol. The fourth-order valence-electron chi connectivity index (χ4n) is 4.11. The lowest BCUT2D eigenvalue weighted by Crippen LogP contribution is -2.38. The molecule has 2 aromatic rings. The number of imide groups is 1. The summed E-state index contributed by atoms with van der Waals surface area (Å²) in [6, 6.07) is 13.1. The first kappa shape index (κ1) is 19.7. The largest absolute Gasteiger partial charge is 0.366 e. The zero-order valence-electron chi connectivity index (χ0n) is 17.0. The number of piperidine rings is 1. The van der Waals surface area contributed by atoms with Gasteiger partial charge in [-0.2, -0.15) is 0 Å². The van der Waals surface area contributed by atoms with Crippen LogP contribution < -0.4 is 4.90 Å². The van der Waals surface area contributed by atoms with Crippen LogP contribution >= 0.6 is 11.6 Å². The second kappa shape index (κ2) is 7.68. The quantitative estimate of drug-likeness (QED) is 0.673. The van der Waals surface area contributed by atoms with Crippen LogP contribution in [0.25, 0.3) is 5.57 Å². The third-order valence-electron chi connectivity index (χ3n) is 5.90. The van der Waals surface area contributed by atoms with E-state index in [1.807, 2.05) is 38.1 Å². The van der Waals surface area contributed by atoms with E-state index in [0.717, 1.165) is 42.6 Å². The van der Waals surface area contributed by atoms with Gasteiger partial charge >= 0.3 is 0 Å². The van der Waals surface area contributed by atoms with E-state index in [1.165, 1.54) is 4.90 Å². The van der Waals surface area contributed by atoms with E-state index in [-0.39, 0.29) is 11.8 Å². The lowest BCUT2D eigenvalue weighted by Gasteiger charge is -2.32. The minimum atomic E-state index is -0.266. The number of benzene rings is 2. The van der Waals surface area contributed by atoms with Gasteiger partial charge in [0.1, 0.15) is 5.70 Å². The van der Waals surface area contributed by atoms with Crippen molar-refractivity contribution in [2.24, 2.45) is 5.92 Å². The number of hydrogen-bond donors (Lipinski definition) is 0. The van der Waals surface area contributed by atoms with Crippen molar-refractivity contribution in [3.8, 4) is 0 Å². The Morgan fingerprint density at radius 3 is 2.21 bits per heavy atom. The molecule has 2 amide bonds. The van der Waals surface area contributed by atoms with Crippen LogP contribution in [-0.4, -0.2) is 29.8 Å². The molecular weight excluding hydrogens is 384 g/mol. The summed E-state index contributed by atoms with van der Waals surface area (Å²) in [5, 5.41) is 0.585. The number of halogens is 1. The highest BCUT2D eigenvalue weighted by Gasteiger charge is 2.43. The Kier molecular flexibility index (Phi) is 5.22. The maximum Gasteiger partial charge on any atom is 0.282 e. The van der Waals surface area contributed by atoms with E-state index in [1.54, 1.807) is 18.2 Å². The van der Waals surface area contributed by atoms with Crippen LogP contribution in [0.3, 0.4) is 0 Å². The number of amides is 2. The molecule has 0 unspecified atom stereocenters. The van der Waals surface area contributed by atoms with E-state index < -0.39 is 0 Å². The van der Waals surface area contributed by atoms with Crippen LogP contribution in [0.15, 0.2) is 48.2 Å². The maximum absolute atomic E-state index is 13.6. The van der Waals surface area contributed by atoms with Crippen LogP contribution in [0, 0.1) is 19.8 Å². The van der Waals surface area contributed by atoms with Crippen LogP contribution in [0.4, 0.5) is 5.69 Å². The fourth-order valence-corrected chi connectivity index (χ4v) is 4.34. The summed E-state index contributed by atoms with van der Waals surface area (Å²) >= 11 is 6.09. The summed E-state index contributed by atoms with van der Waals surface area (Å²) in [4.78, 5) is 30.5. The number of carbonyl (C=O) groups is 2. The SMILES string of the molecule is Cc1ccc(C2=C(N3CCC(C)CC3)C(=O)N(c3ccc(Cl)cc3C)C2=O)cc1. The van der Waals surface area contributed by atoms with E-state index in [2.05, 4.69) is 11.8 Å². The lowest BCUT2D eigenvalue weighted by molar-refractivity contribution is -0.120. The molecule has 2 heterocycles. The van der Waals surface area contributed by atoms with Crippen molar-refractivity contribution in [3.05, 3.63) is 69.9 Å². The van der Waals surface area contributed by atoms with Gasteiger partial charge in [0, 0.05) is 18.1 Å². The summed E-state index contributed by atoms with van der Waals surface area (Å²) in [5.74, 6) is 0.125. The number of aryl methyl sites for hydroxylation is 2. The first-order valence-corrected chi connectivity index (χ1v) is 10.5. The molecule has 0 N–H and O–H groups in total. The van der Waals surface area contributed by atoms with Crippen molar-refractivity contribution in [1.82, 2.24) is 4.90 Å². The maximum atomic E-state index is 13.6. The normalized spacial score (nSPS) is 18.2. The fraction of sp³-hybridized carbons (Fsp3) is 0.333. The minimum Gasteiger partial charge on any atom is -0.366 e. The number of nitrogens with zero attached hydrogens (tertiary/aromatic N) is 2. The first-order chi connectivity index (χ1) is 13.9. The third-order valence-corrected chi connectivity index (χ3v) is 6.13. The average molecular weight is 409 g/mol. The molecule has 0 spiro atoms. The number of likely N-dealkylation sites (tertiary alicyclic amines) is 1. The zero-order valence-corrected chi connectivity index (χ0v) is 17.8. The van der Waals surface area contributed by atoms with Crippen LogP contribution in [0.1, 0.15) is 36.5 Å². The minimum absolute atomic E-state index is 0.245. The van der Waals surface area contributed by atoms with E-state index in [0.29, 0.717) is 27.9 Å². The predicted octanol–water partition coefficient (Wildman–Crippen LogP) is 4.97. The lowest BCUT2D eigenvalue weighted by atomic mass is 9.97. The average Bonchev–Trinajstić information content (AvgIpc) is 2.94. The molecule has 1 fully saturated rings. The molecule has 0 saturated carbocycles. The second-order valence-corrected chi connectivity index (χ2v) is 8.57. The number of carbonyl (C=O) groups excluding carboxylic acids is 2.